The summed E-state index contributed by atoms with van der Waals surface area (Å²) in [6.07, 6.45) is 0. The van der Waals surface area contributed by atoms with Crippen molar-refractivity contribution in [1.82, 2.24) is 0 Å². The molecule has 1 heteroatoms. The Morgan fingerprint density at radius 2 is 0.875 bits per heavy atom. The summed E-state index contributed by atoms with van der Waals surface area (Å²) in [4.78, 5) is 0. The fourth-order valence-electron chi connectivity index (χ4n) is 2.14. The molecule has 3 aromatic carbocycles. The fourth-order valence-corrected chi connectivity index (χ4v) is 2.35. The van der Waals surface area contributed by atoms with E-state index in [4.69, 9.17) is 0 Å². The molecule has 0 aliphatic heterocycles. The maximum Gasteiger partial charge on any atom is 0.0249 e. The lowest BCUT2D eigenvalue weighted by molar-refractivity contribution is 1.42. The summed E-state index contributed by atoms with van der Waals surface area (Å²) in [5.74, 6) is 13.4. The van der Waals surface area contributed by atoms with Crippen molar-refractivity contribution in [3.63, 3.8) is 0 Å². The zero-order valence-electron chi connectivity index (χ0n) is 13.2. The second-order valence-electron chi connectivity index (χ2n) is 5.30. The molecule has 0 saturated heterocycles. The number of thiol groups is 1. The van der Waals surface area contributed by atoms with E-state index in [-0.39, 0.29) is 0 Å². The van der Waals surface area contributed by atoms with Crippen LogP contribution in [0.5, 0.6) is 0 Å². The molecule has 24 heavy (non-hydrogen) atoms. The second-order valence-corrected chi connectivity index (χ2v) is 5.61. The molecule has 3 aromatic rings. The topological polar surface area (TPSA) is 0 Å². The third-order valence-electron chi connectivity index (χ3n) is 3.50. The second kappa shape index (κ2) is 8.11. The average Bonchev–Trinajstić information content (AvgIpc) is 2.67. The van der Waals surface area contributed by atoms with Crippen LogP contribution in [0.4, 0.5) is 0 Å². The van der Waals surface area contributed by atoms with E-state index in [1.54, 1.807) is 0 Å². The Morgan fingerprint density at radius 3 is 1.29 bits per heavy atom. The predicted molar refractivity (Wildman–Crippen MR) is 104 cm³/mol. The molecule has 0 saturated carbocycles. The first-order chi connectivity index (χ1) is 11.8. The van der Waals surface area contributed by atoms with Crippen LogP contribution in [0.15, 0.2) is 78.9 Å². The highest BCUT2D eigenvalue weighted by Gasteiger charge is 1.91. The van der Waals surface area contributed by atoms with Gasteiger partial charge >= 0.3 is 0 Å². The van der Waals surface area contributed by atoms with Crippen LogP contribution in [-0.2, 0) is 5.75 Å². The molecule has 0 aliphatic rings. The molecule has 0 aliphatic carbocycles. The van der Waals surface area contributed by atoms with Crippen LogP contribution in [0.2, 0.25) is 0 Å². The molecule has 0 spiro atoms. The molecular weight excluding hydrogens is 308 g/mol. The van der Waals surface area contributed by atoms with Crippen molar-refractivity contribution >= 4 is 12.6 Å². The van der Waals surface area contributed by atoms with E-state index in [1.807, 2.05) is 66.7 Å². The lowest BCUT2D eigenvalue weighted by Gasteiger charge is -1.95. The monoisotopic (exact) mass is 324 g/mol. The van der Waals surface area contributed by atoms with Gasteiger partial charge < -0.3 is 0 Å². The summed E-state index contributed by atoms with van der Waals surface area (Å²) < 4.78 is 0. The van der Waals surface area contributed by atoms with Crippen molar-refractivity contribution in [2.75, 3.05) is 0 Å². The quantitative estimate of drug-likeness (QED) is 0.477. The van der Waals surface area contributed by atoms with Gasteiger partial charge in [0.25, 0.3) is 0 Å². The number of rotatable bonds is 1. The first-order valence-electron chi connectivity index (χ1n) is 7.72. The van der Waals surface area contributed by atoms with Crippen molar-refractivity contribution < 1.29 is 0 Å². The first kappa shape index (κ1) is 16.0. The van der Waals surface area contributed by atoms with E-state index < -0.39 is 0 Å². The Labute approximate surface area is 149 Å². The van der Waals surface area contributed by atoms with Crippen LogP contribution in [0.3, 0.4) is 0 Å². The van der Waals surface area contributed by atoms with E-state index in [0.29, 0.717) is 0 Å². The Kier molecular flexibility index (Phi) is 5.41. The molecule has 3 rings (SSSR count). The van der Waals surface area contributed by atoms with Gasteiger partial charge in [0.15, 0.2) is 0 Å². The Bertz CT molecular complexity index is 913. The minimum atomic E-state index is 0.749. The molecule has 114 valence electrons. The van der Waals surface area contributed by atoms with Crippen molar-refractivity contribution in [3.05, 3.63) is 107 Å². The van der Waals surface area contributed by atoms with E-state index >= 15 is 0 Å². The average molecular weight is 324 g/mol. The zero-order valence-corrected chi connectivity index (χ0v) is 14.1. The SMILES string of the molecule is SCc1ccc(C#Cc2ccc(C#Cc3ccccc3)cc2)cc1. The molecule has 0 bridgehead atoms. The summed E-state index contributed by atoms with van der Waals surface area (Å²) in [6, 6.07) is 26.2. The van der Waals surface area contributed by atoms with Gasteiger partial charge in [0, 0.05) is 28.0 Å². The van der Waals surface area contributed by atoms with E-state index in [1.165, 1.54) is 5.56 Å². The lowest BCUT2D eigenvalue weighted by Crippen LogP contribution is -1.80. The van der Waals surface area contributed by atoms with Crippen molar-refractivity contribution in [3.8, 4) is 23.7 Å². The van der Waals surface area contributed by atoms with Crippen LogP contribution < -0.4 is 0 Å². The molecule has 0 atom stereocenters. The molecule has 0 amide bonds. The standard InChI is InChI=1S/C23H16S/c24-18-23-16-14-22(15-17-23)13-12-21-10-8-20(9-11-21)7-6-19-4-2-1-3-5-19/h1-5,8-11,14-17,24H,18H2. The minimum absolute atomic E-state index is 0.749. The molecule has 0 nitrogen and oxygen atoms in total. The zero-order chi connectivity index (χ0) is 16.6. The van der Waals surface area contributed by atoms with Crippen LogP contribution >= 0.6 is 12.6 Å². The normalized spacial score (nSPS) is 9.38. The van der Waals surface area contributed by atoms with Crippen molar-refractivity contribution in [2.24, 2.45) is 0 Å². The summed E-state index contributed by atoms with van der Waals surface area (Å²) >= 11 is 4.26. The molecule has 0 heterocycles. The minimum Gasteiger partial charge on any atom is -0.175 e. The summed E-state index contributed by atoms with van der Waals surface area (Å²) in [5.41, 5.74) is 5.20. The smallest absolute Gasteiger partial charge is 0.0249 e. The Balaban J connectivity index is 1.71. The molecular formula is C23H16S. The molecule has 0 radical (unpaired) electrons. The molecule has 0 aromatic heterocycles. The van der Waals surface area contributed by atoms with Crippen LogP contribution in [0.25, 0.3) is 0 Å². The Morgan fingerprint density at radius 1 is 0.500 bits per heavy atom. The highest BCUT2D eigenvalue weighted by atomic mass is 32.1. The van der Waals surface area contributed by atoms with Crippen molar-refractivity contribution in [2.45, 2.75) is 5.75 Å². The Hall–Kier alpha value is -2.87. The van der Waals surface area contributed by atoms with E-state index in [9.17, 15) is 0 Å². The third kappa shape index (κ3) is 4.56. The van der Waals surface area contributed by atoms with Gasteiger partial charge in [-0.25, -0.2) is 0 Å². The highest BCUT2D eigenvalue weighted by Crippen LogP contribution is 2.07. The third-order valence-corrected chi connectivity index (χ3v) is 3.86. The maximum atomic E-state index is 4.26. The summed E-state index contributed by atoms with van der Waals surface area (Å²) in [6.45, 7) is 0. The first-order valence-corrected chi connectivity index (χ1v) is 8.36. The van der Waals surface area contributed by atoms with Gasteiger partial charge in [0.1, 0.15) is 0 Å². The molecule has 0 unspecified atom stereocenters. The van der Waals surface area contributed by atoms with Gasteiger partial charge in [-0.1, -0.05) is 54.0 Å². The van der Waals surface area contributed by atoms with Crippen LogP contribution in [0.1, 0.15) is 27.8 Å². The number of hydrogen-bond acceptors (Lipinski definition) is 1. The van der Waals surface area contributed by atoms with Gasteiger partial charge in [0.05, 0.1) is 0 Å². The van der Waals surface area contributed by atoms with E-state index in [2.05, 4.69) is 48.4 Å². The predicted octanol–water partition coefficient (Wildman–Crippen LogP) is 4.92. The van der Waals surface area contributed by atoms with Crippen LogP contribution in [0, 0.1) is 23.7 Å². The number of hydrogen-bond donors (Lipinski definition) is 1. The van der Waals surface area contributed by atoms with Gasteiger partial charge in [-0.2, -0.15) is 12.6 Å². The maximum absolute atomic E-state index is 4.26. The van der Waals surface area contributed by atoms with Gasteiger partial charge in [0.2, 0.25) is 0 Å². The van der Waals surface area contributed by atoms with Gasteiger partial charge in [-0.3, -0.25) is 0 Å². The van der Waals surface area contributed by atoms with E-state index in [0.717, 1.165) is 28.0 Å². The molecule has 0 fully saturated rings. The van der Waals surface area contributed by atoms with Crippen molar-refractivity contribution in [1.29, 1.82) is 0 Å². The largest absolute Gasteiger partial charge is 0.175 e. The fraction of sp³-hybridized carbons (Fsp3) is 0.0435. The summed E-state index contributed by atoms with van der Waals surface area (Å²) in [7, 11) is 0. The highest BCUT2D eigenvalue weighted by molar-refractivity contribution is 7.79. The lowest BCUT2D eigenvalue weighted by atomic mass is 10.1. The van der Waals surface area contributed by atoms with Crippen LogP contribution in [-0.4, -0.2) is 0 Å². The number of benzene rings is 3. The molecule has 0 N–H and O–H groups in total. The van der Waals surface area contributed by atoms with Gasteiger partial charge in [-0.05, 0) is 54.1 Å². The van der Waals surface area contributed by atoms with Gasteiger partial charge in [-0.15, -0.1) is 0 Å². The summed E-state index contributed by atoms with van der Waals surface area (Å²) in [5, 5.41) is 0.